The number of anilines is 1. The fourth-order valence-electron chi connectivity index (χ4n) is 6.01. The highest BCUT2D eigenvalue weighted by Crippen LogP contribution is 2.28. The summed E-state index contributed by atoms with van der Waals surface area (Å²) < 4.78 is 5.77. The SMILES string of the molecule is CN(CCN1CCC(OC(=O)Nc2ccccc2-c2ccccc2)CC1)C(=O)c1ccc(CN2CCC(CN)CC2)cc1. The summed E-state index contributed by atoms with van der Waals surface area (Å²) in [7, 11) is 1.87. The number of hydrogen-bond acceptors (Lipinski definition) is 6. The molecule has 0 spiro atoms. The van der Waals surface area contributed by atoms with E-state index in [2.05, 4.69) is 27.2 Å². The number of likely N-dealkylation sites (N-methyl/N-ethyl adjacent to an activating group) is 1. The van der Waals surface area contributed by atoms with Gasteiger partial charge < -0.3 is 20.3 Å². The number of likely N-dealkylation sites (tertiary alicyclic amines) is 2. The van der Waals surface area contributed by atoms with Gasteiger partial charge in [-0.1, -0.05) is 60.7 Å². The summed E-state index contributed by atoms with van der Waals surface area (Å²) in [5.74, 6) is 0.702. The van der Waals surface area contributed by atoms with Crippen LogP contribution in [0.15, 0.2) is 78.9 Å². The van der Waals surface area contributed by atoms with Crippen LogP contribution in [-0.2, 0) is 11.3 Å². The zero-order chi connectivity index (χ0) is 30.0. The predicted octanol–water partition coefficient (Wildman–Crippen LogP) is 5.31. The van der Waals surface area contributed by atoms with E-state index < -0.39 is 6.09 Å². The van der Waals surface area contributed by atoms with Crippen molar-refractivity contribution in [3.8, 4) is 11.1 Å². The van der Waals surface area contributed by atoms with Crippen LogP contribution in [0.5, 0.6) is 0 Å². The zero-order valence-corrected chi connectivity index (χ0v) is 25.3. The number of rotatable bonds is 10. The molecule has 228 valence electrons. The van der Waals surface area contributed by atoms with E-state index in [-0.39, 0.29) is 12.0 Å². The van der Waals surface area contributed by atoms with E-state index in [0.717, 1.165) is 81.0 Å². The van der Waals surface area contributed by atoms with Crippen LogP contribution in [0.1, 0.15) is 41.6 Å². The second-order valence-corrected chi connectivity index (χ2v) is 11.9. The van der Waals surface area contributed by atoms with E-state index in [0.29, 0.717) is 12.5 Å². The molecule has 0 atom stereocenters. The molecule has 2 amide bonds. The van der Waals surface area contributed by atoms with Crippen LogP contribution >= 0.6 is 0 Å². The van der Waals surface area contributed by atoms with E-state index in [4.69, 9.17) is 10.5 Å². The summed E-state index contributed by atoms with van der Waals surface area (Å²) in [5, 5.41) is 2.94. The van der Waals surface area contributed by atoms with Crippen molar-refractivity contribution in [2.45, 2.75) is 38.3 Å². The molecule has 0 aromatic heterocycles. The maximum atomic E-state index is 13.0. The molecule has 0 saturated carbocycles. The Labute approximate surface area is 255 Å². The Bertz CT molecular complexity index is 1320. The fraction of sp³-hybridized carbons (Fsp3) is 0.429. The number of nitrogens with two attached hydrogens (primary N) is 1. The van der Waals surface area contributed by atoms with Crippen molar-refractivity contribution >= 4 is 17.7 Å². The minimum Gasteiger partial charge on any atom is -0.446 e. The lowest BCUT2D eigenvalue weighted by molar-refractivity contribution is 0.0540. The molecule has 2 fully saturated rings. The Kier molecular flexibility index (Phi) is 10.8. The Balaban J connectivity index is 1.01. The van der Waals surface area contributed by atoms with Gasteiger partial charge in [0.1, 0.15) is 6.10 Å². The number of ether oxygens (including phenoxy) is 1. The minimum absolute atomic E-state index is 0.0426. The van der Waals surface area contributed by atoms with E-state index in [1.807, 2.05) is 73.8 Å². The van der Waals surface area contributed by atoms with Gasteiger partial charge in [-0.15, -0.1) is 0 Å². The van der Waals surface area contributed by atoms with Crippen LogP contribution in [0.3, 0.4) is 0 Å². The third-order valence-electron chi connectivity index (χ3n) is 8.80. The molecule has 2 saturated heterocycles. The van der Waals surface area contributed by atoms with Gasteiger partial charge in [-0.25, -0.2) is 4.79 Å². The van der Waals surface area contributed by atoms with Crippen molar-refractivity contribution in [3.63, 3.8) is 0 Å². The summed E-state index contributed by atoms with van der Waals surface area (Å²) in [5.41, 5.74) is 10.5. The molecule has 5 rings (SSSR count). The molecule has 3 aromatic rings. The number of carbonyl (C=O) groups is 2. The highest BCUT2D eigenvalue weighted by atomic mass is 16.6. The molecule has 0 radical (unpaired) electrons. The van der Waals surface area contributed by atoms with Crippen molar-refractivity contribution in [2.24, 2.45) is 11.7 Å². The molecule has 2 heterocycles. The lowest BCUT2D eigenvalue weighted by Crippen LogP contribution is -2.42. The Morgan fingerprint density at radius 2 is 1.51 bits per heavy atom. The van der Waals surface area contributed by atoms with Gasteiger partial charge in [-0.2, -0.15) is 0 Å². The van der Waals surface area contributed by atoms with Gasteiger partial charge in [0.15, 0.2) is 0 Å². The van der Waals surface area contributed by atoms with Crippen molar-refractivity contribution in [2.75, 3.05) is 58.2 Å². The van der Waals surface area contributed by atoms with Gasteiger partial charge in [0.05, 0.1) is 5.69 Å². The Morgan fingerprint density at radius 1 is 0.860 bits per heavy atom. The first-order chi connectivity index (χ1) is 21.0. The molecule has 8 heteroatoms. The number of nitrogens with zero attached hydrogens (tertiary/aromatic N) is 3. The van der Waals surface area contributed by atoms with E-state index in [1.165, 1.54) is 18.4 Å². The number of benzene rings is 3. The second-order valence-electron chi connectivity index (χ2n) is 11.9. The first-order valence-corrected chi connectivity index (χ1v) is 15.6. The summed E-state index contributed by atoms with van der Waals surface area (Å²) in [6.45, 7) is 6.99. The lowest BCUT2D eigenvalue weighted by atomic mass is 9.97. The molecule has 2 aliphatic rings. The normalized spacial score (nSPS) is 17.0. The van der Waals surface area contributed by atoms with Crippen LogP contribution in [0.2, 0.25) is 0 Å². The monoisotopic (exact) mass is 583 g/mol. The number of nitrogens with one attached hydrogen (secondary N) is 1. The number of piperidine rings is 2. The lowest BCUT2D eigenvalue weighted by Gasteiger charge is -2.32. The fourth-order valence-corrected chi connectivity index (χ4v) is 6.01. The second kappa shape index (κ2) is 15.1. The van der Waals surface area contributed by atoms with Gasteiger partial charge in [-0.3, -0.25) is 15.0 Å². The quantitative estimate of drug-likeness (QED) is 0.336. The third kappa shape index (κ3) is 8.66. The predicted molar refractivity (Wildman–Crippen MR) is 172 cm³/mol. The standard InChI is InChI=1S/C35H45N5O3/c1-38(34(41)30-13-11-28(12-14-30)26-40-19-15-27(25-36)16-20-40)23-24-39-21-17-31(18-22-39)43-35(42)37-33-10-6-5-9-32(33)29-7-3-2-4-8-29/h2-14,27,31H,15-26,36H2,1H3,(H,37,42). The molecule has 2 aliphatic heterocycles. The van der Waals surface area contributed by atoms with Gasteiger partial charge in [-0.05, 0) is 80.6 Å². The van der Waals surface area contributed by atoms with Gasteiger partial charge in [0.25, 0.3) is 5.91 Å². The van der Waals surface area contributed by atoms with Crippen molar-refractivity contribution in [1.29, 1.82) is 0 Å². The molecule has 43 heavy (non-hydrogen) atoms. The Morgan fingerprint density at radius 3 is 2.21 bits per heavy atom. The molecular formula is C35H45N5O3. The van der Waals surface area contributed by atoms with Gasteiger partial charge >= 0.3 is 6.09 Å². The van der Waals surface area contributed by atoms with Crippen LogP contribution in [0.4, 0.5) is 10.5 Å². The zero-order valence-electron chi connectivity index (χ0n) is 25.3. The highest BCUT2D eigenvalue weighted by Gasteiger charge is 2.24. The van der Waals surface area contributed by atoms with Crippen LogP contribution in [-0.4, -0.2) is 85.7 Å². The van der Waals surface area contributed by atoms with E-state index in [9.17, 15) is 9.59 Å². The Hall–Kier alpha value is -3.72. The molecule has 8 nitrogen and oxygen atoms in total. The van der Waals surface area contributed by atoms with Crippen molar-refractivity contribution < 1.29 is 14.3 Å². The van der Waals surface area contributed by atoms with Crippen LogP contribution in [0, 0.1) is 5.92 Å². The molecule has 3 N–H and O–H groups in total. The maximum Gasteiger partial charge on any atom is 0.411 e. The van der Waals surface area contributed by atoms with Crippen molar-refractivity contribution in [1.82, 2.24) is 14.7 Å². The van der Waals surface area contributed by atoms with Crippen molar-refractivity contribution in [3.05, 3.63) is 90.0 Å². The molecule has 3 aromatic carbocycles. The summed E-state index contributed by atoms with van der Waals surface area (Å²) >= 11 is 0. The number of para-hydroxylation sites is 1. The van der Waals surface area contributed by atoms with Crippen LogP contribution in [0.25, 0.3) is 11.1 Å². The average Bonchev–Trinajstić information content (AvgIpc) is 3.05. The number of hydrogen-bond donors (Lipinski definition) is 2. The first-order valence-electron chi connectivity index (χ1n) is 15.6. The van der Waals surface area contributed by atoms with Gasteiger partial charge in [0.2, 0.25) is 0 Å². The maximum absolute atomic E-state index is 13.0. The van der Waals surface area contributed by atoms with E-state index in [1.54, 1.807) is 4.90 Å². The van der Waals surface area contributed by atoms with E-state index >= 15 is 0 Å². The first kappa shape index (κ1) is 30.7. The molecular weight excluding hydrogens is 538 g/mol. The average molecular weight is 584 g/mol. The minimum atomic E-state index is -0.422. The summed E-state index contributed by atoms with van der Waals surface area (Å²) in [4.78, 5) is 32.4. The number of carbonyl (C=O) groups excluding carboxylic acids is 2. The molecule has 0 bridgehead atoms. The largest absolute Gasteiger partial charge is 0.446 e. The molecule has 0 aliphatic carbocycles. The third-order valence-corrected chi connectivity index (χ3v) is 8.80. The molecule has 0 unspecified atom stereocenters. The summed E-state index contributed by atoms with van der Waals surface area (Å²) in [6, 6.07) is 25.8. The topological polar surface area (TPSA) is 91.1 Å². The summed E-state index contributed by atoms with van der Waals surface area (Å²) in [6.07, 6.45) is 3.34. The van der Waals surface area contributed by atoms with Gasteiger partial charge in [0, 0.05) is 50.9 Å². The smallest absolute Gasteiger partial charge is 0.411 e. The van der Waals surface area contributed by atoms with Crippen LogP contribution < -0.4 is 11.1 Å². The number of amides is 2. The highest BCUT2D eigenvalue weighted by molar-refractivity contribution is 5.94.